The van der Waals surface area contributed by atoms with Crippen LogP contribution in [-0.4, -0.2) is 29.9 Å². The minimum atomic E-state index is 0.249. The number of piperidine rings is 1. The van der Waals surface area contributed by atoms with E-state index in [0.29, 0.717) is 12.3 Å². The van der Waals surface area contributed by atoms with Crippen LogP contribution in [0.2, 0.25) is 0 Å². The Morgan fingerprint density at radius 3 is 2.60 bits per heavy atom. The van der Waals surface area contributed by atoms with Gasteiger partial charge in [-0.05, 0) is 50.2 Å². The largest absolute Gasteiger partial charge is 0.343 e. The highest BCUT2D eigenvalue weighted by atomic mass is 16.2. The molecule has 1 aromatic rings. The fraction of sp³-hybridized carbons (Fsp3) is 0.588. The molecule has 1 aromatic carbocycles. The molecular formula is C17H26N2O. The maximum Gasteiger partial charge on any atom is 0.222 e. The SMILES string of the molecule is Cc1ccccc1CCC(=O)N1CCC(C(C)N)CC1. The number of benzene rings is 1. The Bertz CT molecular complexity index is 448. The Labute approximate surface area is 122 Å². The van der Waals surface area contributed by atoms with E-state index < -0.39 is 0 Å². The minimum absolute atomic E-state index is 0.249. The lowest BCUT2D eigenvalue weighted by Gasteiger charge is -2.33. The van der Waals surface area contributed by atoms with Gasteiger partial charge in [-0.3, -0.25) is 4.79 Å². The van der Waals surface area contributed by atoms with Crippen LogP contribution >= 0.6 is 0 Å². The van der Waals surface area contributed by atoms with E-state index in [1.54, 1.807) is 0 Å². The zero-order valence-corrected chi connectivity index (χ0v) is 12.6. The van der Waals surface area contributed by atoms with Crippen molar-refractivity contribution in [3.8, 4) is 0 Å². The topological polar surface area (TPSA) is 46.3 Å². The molecule has 0 aliphatic carbocycles. The number of carbonyl (C=O) groups excluding carboxylic acids is 1. The van der Waals surface area contributed by atoms with Crippen molar-refractivity contribution >= 4 is 5.91 Å². The predicted molar refractivity (Wildman–Crippen MR) is 82.5 cm³/mol. The third-order valence-electron chi connectivity index (χ3n) is 4.51. The zero-order valence-electron chi connectivity index (χ0n) is 12.6. The summed E-state index contributed by atoms with van der Waals surface area (Å²) in [6.07, 6.45) is 3.56. The second-order valence-corrected chi connectivity index (χ2v) is 6.00. The Balaban J connectivity index is 1.80. The van der Waals surface area contributed by atoms with Crippen molar-refractivity contribution in [2.45, 2.75) is 45.6 Å². The molecule has 3 nitrogen and oxygen atoms in total. The molecule has 1 heterocycles. The Morgan fingerprint density at radius 1 is 1.35 bits per heavy atom. The van der Waals surface area contributed by atoms with Gasteiger partial charge in [-0.15, -0.1) is 0 Å². The smallest absolute Gasteiger partial charge is 0.222 e. The molecule has 1 saturated heterocycles. The fourth-order valence-corrected chi connectivity index (χ4v) is 2.96. The average Bonchev–Trinajstić information content (AvgIpc) is 2.46. The summed E-state index contributed by atoms with van der Waals surface area (Å²) in [5, 5.41) is 0. The summed E-state index contributed by atoms with van der Waals surface area (Å²) in [5.41, 5.74) is 8.49. The summed E-state index contributed by atoms with van der Waals surface area (Å²) in [6.45, 7) is 5.92. The lowest BCUT2D eigenvalue weighted by Crippen LogP contribution is -2.42. The molecule has 2 rings (SSSR count). The monoisotopic (exact) mass is 274 g/mol. The molecule has 1 atom stereocenters. The molecule has 0 bridgehead atoms. The Hall–Kier alpha value is -1.35. The van der Waals surface area contributed by atoms with Crippen molar-refractivity contribution in [2.24, 2.45) is 11.7 Å². The van der Waals surface area contributed by atoms with Crippen LogP contribution in [0.4, 0.5) is 0 Å². The van der Waals surface area contributed by atoms with E-state index in [-0.39, 0.29) is 11.9 Å². The van der Waals surface area contributed by atoms with Crippen molar-refractivity contribution in [3.63, 3.8) is 0 Å². The van der Waals surface area contributed by atoms with Gasteiger partial charge in [0.05, 0.1) is 0 Å². The van der Waals surface area contributed by atoms with Gasteiger partial charge in [0, 0.05) is 25.6 Å². The first-order valence-electron chi connectivity index (χ1n) is 7.66. The van der Waals surface area contributed by atoms with E-state index in [9.17, 15) is 4.79 Å². The zero-order chi connectivity index (χ0) is 14.5. The van der Waals surface area contributed by atoms with Crippen LogP contribution in [0.5, 0.6) is 0 Å². The molecule has 20 heavy (non-hydrogen) atoms. The predicted octanol–water partition coefficient (Wildman–Crippen LogP) is 2.51. The summed E-state index contributed by atoms with van der Waals surface area (Å²) < 4.78 is 0. The number of amides is 1. The number of rotatable bonds is 4. The van der Waals surface area contributed by atoms with E-state index >= 15 is 0 Å². The van der Waals surface area contributed by atoms with Crippen molar-refractivity contribution in [2.75, 3.05) is 13.1 Å². The first kappa shape index (κ1) is 15.0. The van der Waals surface area contributed by atoms with Gasteiger partial charge in [-0.25, -0.2) is 0 Å². The van der Waals surface area contributed by atoms with Gasteiger partial charge < -0.3 is 10.6 Å². The van der Waals surface area contributed by atoms with Gasteiger partial charge in [0.15, 0.2) is 0 Å². The molecule has 2 N–H and O–H groups in total. The maximum absolute atomic E-state index is 12.3. The van der Waals surface area contributed by atoms with Crippen molar-refractivity contribution < 1.29 is 4.79 Å². The molecule has 3 heteroatoms. The molecule has 0 radical (unpaired) electrons. The average molecular weight is 274 g/mol. The number of likely N-dealkylation sites (tertiary alicyclic amines) is 1. The van der Waals surface area contributed by atoms with Gasteiger partial charge in [0.2, 0.25) is 5.91 Å². The fourth-order valence-electron chi connectivity index (χ4n) is 2.96. The van der Waals surface area contributed by atoms with Gasteiger partial charge in [0.1, 0.15) is 0 Å². The van der Waals surface area contributed by atoms with Crippen LogP contribution in [0, 0.1) is 12.8 Å². The second kappa shape index (κ2) is 6.89. The summed E-state index contributed by atoms with van der Waals surface area (Å²) in [7, 11) is 0. The van der Waals surface area contributed by atoms with Crippen LogP contribution in [0.3, 0.4) is 0 Å². The van der Waals surface area contributed by atoms with E-state index in [2.05, 4.69) is 26.0 Å². The third-order valence-corrected chi connectivity index (χ3v) is 4.51. The van der Waals surface area contributed by atoms with Crippen molar-refractivity contribution in [3.05, 3.63) is 35.4 Å². The van der Waals surface area contributed by atoms with Crippen LogP contribution in [-0.2, 0) is 11.2 Å². The van der Waals surface area contributed by atoms with Gasteiger partial charge >= 0.3 is 0 Å². The lowest BCUT2D eigenvalue weighted by molar-refractivity contribution is -0.132. The molecule has 0 saturated carbocycles. The number of nitrogens with two attached hydrogens (primary N) is 1. The van der Waals surface area contributed by atoms with Crippen LogP contribution in [0.1, 0.15) is 37.3 Å². The number of hydrogen-bond acceptors (Lipinski definition) is 2. The van der Waals surface area contributed by atoms with Crippen molar-refractivity contribution in [1.82, 2.24) is 4.90 Å². The highest BCUT2D eigenvalue weighted by Gasteiger charge is 2.24. The molecule has 1 amide bonds. The Kier molecular flexibility index (Phi) is 5.18. The molecular weight excluding hydrogens is 248 g/mol. The summed E-state index contributed by atoms with van der Waals surface area (Å²) in [5.74, 6) is 0.867. The van der Waals surface area contributed by atoms with Gasteiger partial charge in [0.25, 0.3) is 0 Å². The number of nitrogens with zero attached hydrogens (tertiary/aromatic N) is 1. The summed E-state index contributed by atoms with van der Waals surface area (Å²) >= 11 is 0. The summed E-state index contributed by atoms with van der Waals surface area (Å²) in [4.78, 5) is 14.3. The number of aryl methyl sites for hydroxylation is 2. The molecule has 1 fully saturated rings. The third kappa shape index (κ3) is 3.83. The van der Waals surface area contributed by atoms with Gasteiger partial charge in [-0.2, -0.15) is 0 Å². The molecule has 110 valence electrons. The van der Waals surface area contributed by atoms with E-state index in [0.717, 1.165) is 32.4 Å². The Morgan fingerprint density at radius 2 is 2.00 bits per heavy atom. The highest BCUT2D eigenvalue weighted by molar-refractivity contribution is 5.76. The van der Waals surface area contributed by atoms with E-state index in [4.69, 9.17) is 5.73 Å². The normalized spacial score (nSPS) is 18.1. The number of hydrogen-bond donors (Lipinski definition) is 1. The molecule has 1 aliphatic heterocycles. The molecule has 0 aromatic heterocycles. The van der Waals surface area contributed by atoms with Crippen LogP contribution in [0.25, 0.3) is 0 Å². The minimum Gasteiger partial charge on any atom is -0.343 e. The lowest BCUT2D eigenvalue weighted by atomic mass is 9.90. The molecule has 0 spiro atoms. The maximum atomic E-state index is 12.3. The van der Waals surface area contributed by atoms with Crippen molar-refractivity contribution in [1.29, 1.82) is 0 Å². The van der Waals surface area contributed by atoms with Crippen LogP contribution in [0.15, 0.2) is 24.3 Å². The van der Waals surface area contributed by atoms with Gasteiger partial charge in [-0.1, -0.05) is 24.3 Å². The number of carbonyl (C=O) groups is 1. The first-order valence-corrected chi connectivity index (χ1v) is 7.66. The van der Waals surface area contributed by atoms with E-state index in [1.807, 2.05) is 17.0 Å². The quantitative estimate of drug-likeness (QED) is 0.917. The highest BCUT2D eigenvalue weighted by Crippen LogP contribution is 2.20. The first-order chi connectivity index (χ1) is 9.58. The van der Waals surface area contributed by atoms with Crippen LogP contribution < -0.4 is 5.73 Å². The summed E-state index contributed by atoms with van der Waals surface area (Å²) in [6, 6.07) is 8.55. The second-order valence-electron chi connectivity index (χ2n) is 6.00. The molecule has 1 aliphatic rings. The standard InChI is InChI=1S/C17H26N2O/c1-13-5-3-4-6-15(13)7-8-17(20)19-11-9-16(10-12-19)14(2)18/h3-6,14,16H,7-12,18H2,1-2H3. The molecule has 1 unspecified atom stereocenters. The van der Waals surface area contributed by atoms with E-state index in [1.165, 1.54) is 11.1 Å².